The fourth-order valence-electron chi connectivity index (χ4n) is 10.6. The molecule has 9 rings (SSSR count). The Kier molecular flexibility index (Phi) is 4.46. The molecule has 4 aliphatic heterocycles. The minimum atomic E-state index is -1.37. The molecule has 8 nitrogen and oxygen atoms in total. The van der Waals surface area contributed by atoms with Crippen molar-refractivity contribution in [1.82, 2.24) is 0 Å². The lowest BCUT2D eigenvalue weighted by molar-refractivity contribution is -0.192. The number of carbonyl (C=O) groups is 2. The zero-order valence-corrected chi connectivity index (χ0v) is 23.2. The van der Waals surface area contributed by atoms with E-state index >= 15 is 0 Å². The maximum absolute atomic E-state index is 14.2. The SMILES string of the molecule is COC(=O)[C@@]12O[C@@](C(=O)OC)([C@@H]3[C@H]1[C@@H]1C[C@H]3c3c1c(OC)c1ccccc1c3OC)[C@H]1[C@@H]2[C@H]2O[C@@H]1c1ccccc12. The summed E-state index contributed by atoms with van der Waals surface area (Å²) in [7, 11) is 6.19. The molecule has 10 atom stereocenters. The van der Waals surface area contributed by atoms with Gasteiger partial charge >= 0.3 is 11.9 Å². The summed E-state index contributed by atoms with van der Waals surface area (Å²) in [4.78, 5) is 28.4. The molecule has 3 aromatic carbocycles. The van der Waals surface area contributed by atoms with Crippen molar-refractivity contribution in [3.05, 3.63) is 70.8 Å². The van der Waals surface area contributed by atoms with Crippen molar-refractivity contribution in [2.75, 3.05) is 28.4 Å². The predicted molar refractivity (Wildman–Crippen MR) is 145 cm³/mol. The van der Waals surface area contributed by atoms with Crippen LogP contribution in [0.4, 0.5) is 0 Å². The number of fused-ring (bicyclic) bond motifs is 23. The van der Waals surface area contributed by atoms with Crippen molar-refractivity contribution < 1.29 is 38.0 Å². The third-order valence-corrected chi connectivity index (χ3v) is 11.4. The second-order valence-corrected chi connectivity index (χ2v) is 12.3. The van der Waals surface area contributed by atoms with Gasteiger partial charge in [0.1, 0.15) is 11.5 Å². The van der Waals surface area contributed by atoms with Gasteiger partial charge in [-0.3, -0.25) is 0 Å². The first-order valence-corrected chi connectivity index (χ1v) is 14.3. The van der Waals surface area contributed by atoms with Crippen LogP contribution in [-0.2, 0) is 28.5 Å². The fourth-order valence-corrected chi connectivity index (χ4v) is 10.6. The molecule has 3 aromatic rings. The molecule has 4 fully saturated rings. The molecule has 0 amide bonds. The van der Waals surface area contributed by atoms with Crippen LogP contribution in [0, 0.1) is 23.7 Å². The third kappa shape index (κ3) is 2.31. The summed E-state index contributed by atoms with van der Waals surface area (Å²) in [6.45, 7) is 0. The molecule has 1 saturated carbocycles. The molecule has 0 radical (unpaired) electrons. The van der Waals surface area contributed by atoms with E-state index in [9.17, 15) is 9.59 Å². The molecule has 0 N–H and O–H groups in total. The van der Waals surface area contributed by atoms with Crippen LogP contribution >= 0.6 is 0 Å². The molecule has 2 aliphatic carbocycles. The molecule has 3 saturated heterocycles. The molecule has 6 aliphatic rings. The Balaban J connectivity index is 1.35. The van der Waals surface area contributed by atoms with E-state index in [1.807, 2.05) is 36.4 Å². The van der Waals surface area contributed by atoms with Gasteiger partial charge in [-0.2, -0.15) is 0 Å². The highest BCUT2D eigenvalue weighted by molar-refractivity contribution is 5.98. The Morgan fingerprint density at radius 2 is 1.12 bits per heavy atom. The van der Waals surface area contributed by atoms with E-state index in [2.05, 4.69) is 12.1 Å². The minimum Gasteiger partial charge on any atom is -0.496 e. The van der Waals surface area contributed by atoms with Crippen molar-refractivity contribution >= 4 is 22.7 Å². The van der Waals surface area contributed by atoms with Crippen molar-refractivity contribution in [3.63, 3.8) is 0 Å². The van der Waals surface area contributed by atoms with Crippen LogP contribution in [0.15, 0.2) is 48.5 Å². The third-order valence-electron chi connectivity index (χ3n) is 11.4. The van der Waals surface area contributed by atoms with Gasteiger partial charge in [-0.25, -0.2) is 9.59 Å². The van der Waals surface area contributed by atoms with Crippen LogP contribution in [0.1, 0.15) is 52.7 Å². The first-order valence-electron chi connectivity index (χ1n) is 14.3. The second kappa shape index (κ2) is 7.61. The highest BCUT2D eigenvalue weighted by Gasteiger charge is 2.90. The number of hydrogen-bond acceptors (Lipinski definition) is 8. The van der Waals surface area contributed by atoms with E-state index in [1.54, 1.807) is 14.2 Å². The largest absolute Gasteiger partial charge is 0.496 e. The maximum Gasteiger partial charge on any atom is 0.338 e. The molecule has 0 unspecified atom stereocenters. The molecule has 0 spiro atoms. The van der Waals surface area contributed by atoms with Crippen LogP contribution < -0.4 is 9.47 Å². The topological polar surface area (TPSA) is 89.5 Å². The zero-order valence-electron chi connectivity index (χ0n) is 23.2. The van der Waals surface area contributed by atoms with E-state index in [4.69, 9.17) is 28.4 Å². The number of hydrogen-bond donors (Lipinski definition) is 0. The Bertz CT molecular complexity index is 1580. The van der Waals surface area contributed by atoms with Gasteiger partial charge in [-0.1, -0.05) is 48.5 Å². The van der Waals surface area contributed by atoms with Gasteiger partial charge < -0.3 is 28.4 Å². The van der Waals surface area contributed by atoms with E-state index < -0.39 is 23.1 Å². The summed E-state index contributed by atoms with van der Waals surface area (Å²) in [6, 6.07) is 16.2. The van der Waals surface area contributed by atoms with Crippen molar-refractivity contribution in [2.45, 2.75) is 41.7 Å². The fraction of sp³-hybridized carbons (Fsp3) is 0.455. The maximum atomic E-state index is 14.2. The lowest BCUT2D eigenvalue weighted by Crippen LogP contribution is -2.60. The van der Waals surface area contributed by atoms with Gasteiger partial charge in [0.05, 0.1) is 40.6 Å². The molecule has 210 valence electrons. The van der Waals surface area contributed by atoms with E-state index in [-0.39, 0.29) is 47.7 Å². The van der Waals surface area contributed by atoms with Gasteiger partial charge in [0.15, 0.2) is 11.2 Å². The Morgan fingerprint density at radius 3 is 1.54 bits per heavy atom. The zero-order chi connectivity index (χ0) is 28.0. The van der Waals surface area contributed by atoms with Gasteiger partial charge in [-0.15, -0.1) is 0 Å². The molecular formula is C33H30O8. The molecular weight excluding hydrogens is 524 g/mol. The number of esters is 2. The van der Waals surface area contributed by atoms with Crippen molar-refractivity contribution in [3.8, 4) is 11.5 Å². The lowest BCUT2D eigenvalue weighted by atomic mass is 9.49. The smallest absolute Gasteiger partial charge is 0.338 e. The molecule has 6 bridgehead atoms. The highest BCUT2D eigenvalue weighted by Crippen LogP contribution is 2.83. The Labute approximate surface area is 236 Å². The number of methoxy groups -OCH3 is 4. The van der Waals surface area contributed by atoms with Gasteiger partial charge in [0, 0.05) is 45.6 Å². The standard InChI is InChI=1S/C33H30O8/c1-36-26-14-9-5-6-10-15(14)27(37-2)21-19-13-18(20(21)26)22-23(19)33(31(35)39-4)25-24(32(22,41-33)30(34)38-3)28-16-11-7-8-12-17(16)29(25)40-28/h5-12,18-19,22-25,28-29H,13H2,1-4H3/t18-,19+,22-,23+,24-,25+,28+,29-,32-,33+. The van der Waals surface area contributed by atoms with Gasteiger partial charge in [0.25, 0.3) is 0 Å². The summed E-state index contributed by atoms with van der Waals surface area (Å²) in [6.07, 6.45) is 0.00996. The van der Waals surface area contributed by atoms with Crippen molar-refractivity contribution in [1.29, 1.82) is 0 Å². The number of carbonyl (C=O) groups excluding carboxylic acids is 2. The molecule has 4 heterocycles. The first-order chi connectivity index (χ1) is 20.0. The summed E-state index contributed by atoms with van der Waals surface area (Å²) < 4.78 is 37.1. The predicted octanol–water partition coefficient (Wildman–Crippen LogP) is 4.60. The van der Waals surface area contributed by atoms with E-state index in [1.165, 1.54) is 14.2 Å². The molecule has 0 aromatic heterocycles. The number of rotatable bonds is 4. The first kappa shape index (κ1) is 24.0. The summed E-state index contributed by atoms with van der Waals surface area (Å²) >= 11 is 0. The van der Waals surface area contributed by atoms with Crippen LogP contribution in [0.5, 0.6) is 11.5 Å². The van der Waals surface area contributed by atoms with Gasteiger partial charge in [0.2, 0.25) is 0 Å². The number of ether oxygens (including phenoxy) is 6. The highest BCUT2D eigenvalue weighted by atomic mass is 16.6. The normalized spacial score (nSPS) is 39.3. The van der Waals surface area contributed by atoms with E-state index in [0.717, 1.165) is 50.9 Å². The average molecular weight is 555 g/mol. The van der Waals surface area contributed by atoms with Crippen LogP contribution in [0.2, 0.25) is 0 Å². The quantitative estimate of drug-likeness (QED) is 0.433. The monoisotopic (exact) mass is 554 g/mol. The molecule has 8 heteroatoms. The van der Waals surface area contributed by atoms with Crippen LogP contribution in [0.3, 0.4) is 0 Å². The lowest BCUT2D eigenvalue weighted by Gasteiger charge is -2.48. The summed E-state index contributed by atoms with van der Waals surface area (Å²) in [5.74, 6) is -0.904. The Morgan fingerprint density at radius 1 is 0.683 bits per heavy atom. The van der Waals surface area contributed by atoms with E-state index in [0.29, 0.717) is 0 Å². The van der Waals surface area contributed by atoms with Gasteiger partial charge in [-0.05, 0) is 29.4 Å². The van der Waals surface area contributed by atoms with Crippen LogP contribution in [0.25, 0.3) is 10.8 Å². The average Bonchev–Trinajstić information content (AvgIpc) is 3.84. The summed E-state index contributed by atoms with van der Waals surface area (Å²) in [5, 5.41) is 1.92. The Hall–Kier alpha value is -3.62. The summed E-state index contributed by atoms with van der Waals surface area (Å²) in [5.41, 5.74) is 1.48. The minimum absolute atomic E-state index is 0.102. The second-order valence-electron chi connectivity index (χ2n) is 12.3. The number of benzene rings is 3. The molecule has 41 heavy (non-hydrogen) atoms. The van der Waals surface area contributed by atoms with Crippen molar-refractivity contribution in [2.24, 2.45) is 23.7 Å². The van der Waals surface area contributed by atoms with Crippen LogP contribution in [-0.4, -0.2) is 51.6 Å².